The van der Waals surface area contributed by atoms with Crippen molar-refractivity contribution in [2.24, 2.45) is 0 Å². The van der Waals surface area contributed by atoms with E-state index in [1.165, 1.54) is 6.07 Å². The highest BCUT2D eigenvalue weighted by atomic mass is 19.1. The lowest BCUT2D eigenvalue weighted by atomic mass is 9.85. The van der Waals surface area contributed by atoms with Crippen LogP contribution in [0.1, 0.15) is 45.6 Å². The van der Waals surface area contributed by atoms with Gasteiger partial charge < -0.3 is 15.0 Å². The Morgan fingerprint density at radius 2 is 2.19 bits per heavy atom. The Bertz CT molecular complexity index is 648. The van der Waals surface area contributed by atoms with E-state index in [1.54, 1.807) is 6.07 Å². The van der Waals surface area contributed by atoms with E-state index in [9.17, 15) is 4.39 Å². The third-order valence-electron chi connectivity index (χ3n) is 4.82. The molecule has 0 spiro atoms. The molecule has 2 N–H and O–H groups in total. The smallest absolute Gasteiger partial charge is 0.201 e. The number of hydrogen-bond acceptors (Lipinski definition) is 3. The van der Waals surface area contributed by atoms with Crippen molar-refractivity contribution in [3.05, 3.63) is 24.0 Å². The van der Waals surface area contributed by atoms with Crippen molar-refractivity contribution < 1.29 is 9.13 Å². The normalized spacial score (nSPS) is 21.8. The van der Waals surface area contributed by atoms with Crippen LogP contribution in [0, 0.1) is 5.82 Å². The van der Waals surface area contributed by atoms with Gasteiger partial charge in [-0.15, -0.1) is 0 Å². The Labute approximate surface area is 124 Å². The standard InChI is InChI=1S/C16H22FN3O/c1-3-16(4-2)10-11(8-9-21-16)20-13-7-5-6-12(17)14(13)19-15(20)18/h5-7,11H,3-4,8-10H2,1-2H3,(H2,18,19). The number of aromatic nitrogens is 2. The van der Waals surface area contributed by atoms with E-state index >= 15 is 0 Å². The van der Waals surface area contributed by atoms with Crippen LogP contribution in [0.4, 0.5) is 10.3 Å². The Hall–Kier alpha value is -1.62. The summed E-state index contributed by atoms with van der Waals surface area (Å²) in [7, 11) is 0. The first-order chi connectivity index (χ1) is 10.1. The van der Waals surface area contributed by atoms with E-state index < -0.39 is 0 Å². The lowest BCUT2D eigenvalue weighted by Crippen LogP contribution is -2.39. The topological polar surface area (TPSA) is 53.1 Å². The van der Waals surface area contributed by atoms with Gasteiger partial charge in [0, 0.05) is 12.6 Å². The lowest BCUT2D eigenvalue weighted by molar-refractivity contribution is -0.0979. The highest BCUT2D eigenvalue weighted by Crippen LogP contribution is 2.39. The zero-order valence-corrected chi connectivity index (χ0v) is 12.6. The van der Waals surface area contributed by atoms with Crippen LogP contribution in [0.15, 0.2) is 18.2 Å². The number of anilines is 1. The molecule has 1 aliphatic rings. The zero-order valence-electron chi connectivity index (χ0n) is 12.6. The van der Waals surface area contributed by atoms with E-state index in [0.717, 1.165) is 31.2 Å². The highest BCUT2D eigenvalue weighted by Gasteiger charge is 2.36. The summed E-state index contributed by atoms with van der Waals surface area (Å²) in [5, 5.41) is 0. The minimum absolute atomic E-state index is 0.0979. The number of nitrogens with zero attached hydrogens (tertiary/aromatic N) is 2. The number of hydrogen-bond donors (Lipinski definition) is 1. The zero-order chi connectivity index (χ0) is 15.0. The molecule has 2 aromatic rings. The van der Waals surface area contributed by atoms with Gasteiger partial charge in [-0.2, -0.15) is 0 Å². The molecule has 21 heavy (non-hydrogen) atoms. The van der Waals surface area contributed by atoms with E-state index in [2.05, 4.69) is 18.8 Å². The predicted molar refractivity (Wildman–Crippen MR) is 81.6 cm³/mol. The Morgan fingerprint density at radius 3 is 2.90 bits per heavy atom. The van der Waals surface area contributed by atoms with Gasteiger partial charge in [-0.3, -0.25) is 0 Å². The van der Waals surface area contributed by atoms with Crippen molar-refractivity contribution in [1.82, 2.24) is 9.55 Å². The third-order valence-corrected chi connectivity index (χ3v) is 4.82. The molecule has 5 heteroatoms. The number of fused-ring (bicyclic) bond motifs is 1. The number of rotatable bonds is 3. The maximum atomic E-state index is 13.9. The molecule has 1 unspecified atom stereocenters. The summed E-state index contributed by atoms with van der Waals surface area (Å²) in [5.41, 5.74) is 7.11. The maximum Gasteiger partial charge on any atom is 0.201 e. The molecule has 1 fully saturated rings. The van der Waals surface area contributed by atoms with Crippen LogP contribution in [-0.2, 0) is 4.74 Å². The van der Waals surface area contributed by atoms with Gasteiger partial charge in [0.15, 0.2) is 5.82 Å². The molecule has 0 aliphatic carbocycles. The monoisotopic (exact) mass is 291 g/mol. The predicted octanol–water partition coefficient (Wildman–Crippen LogP) is 3.67. The van der Waals surface area contributed by atoms with Gasteiger partial charge in [-0.1, -0.05) is 19.9 Å². The molecule has 1 aliphatic heterocycles. The molecular weight excluding hydrogens is 269 g/mol. The Kier molecular flexibility index (Phi) is 3.61. The summed E-state index contributed by atoms with van der Waals surface area (Å²) in [6.07, 6.45) is 3.72. The van der Waals surface area contributed by atoms with Gasteiger partial charge in [-0.05, 0) is 37.8 Å². The van der Waals surface area contributed by atoms with Crippen molar-refractivity contribution in [2.75, 3.05) is 12.3 Å². The molecular formula is C16H22FN3O. The van der Waals surface area contributed by atoms with Gasteiger partial charge in [0.05, 0.1) is 11.1 Å². The second kappa shape index (κ2) is 5.30. The fraction of sp³-hybridized carbons (Fsp3) is 0.562. The molecule has 1 aromatic carbocycles. The van der Waals surface area contributed by atoms with Gasteiger partial charge in [0.1, 0.15) is 5.52 Å². The van der Waals surface area contributed by atoms with Crippen molar-refractivity contribution in [3.8, 4) is 0 Å². The van der Waals surface area contributed by atoms with Crippen molar-refractivity contribution in [2.45, 2.75) is 51.2 Å². The van der Waals surface area contributed by atoms with Crippen LogP contribution in [0.3, 0.4) is 0 Å². The summed E-state index contributed by atoms with van der Waals surface area (Å²) in [6.45, 7) is 5.02. The molecule has 0 saturated carbocycles. The van der Waals surface area contributed by atoms with E-state index in [4.69, 9.17) is 10.5 Å². The summed E-state index contributed by atoms with van der Waals surface area (Å²) < 4.78 is 21.9. The van der Waals surface area contributed by atoms with Gasteiger partial charge >= 0.3 is 0 Å². The van der Waals surface area contributed by atoms with E-state index in [1.807, 2.05) is 10.6 Å². The van der Waals surface area contributed by atoms with Crippen LogP contribution in [0.25, 0.3) is 11.0 Å². The average Bonchev–Trinajstić information content (AvgIpc) is 2.85. The van der Waals surface area contributed by atoms with E-state index in [-0.39, 0.29) is 17.5 Å². The van der Waals surface area contributed by atoms with Gasteiger partial charge in [0.2, 0.25) is 5.95 Å². The maximum absolute atomic E-state index is 13.9. The average molecular weight is 291 g/mol. The minimum atomic E-state index is -0.317. The molecule has 4 nitrogen and oxygen atoms in total. The summed E-state index contributed by atoms with van der Waals surface area (Å²) in [4.78, 5) is 4.21. The number of ether oxygens (including phenoxy) is 1. The molecule has 1 aromatic heterocycles. The van der Waals surface area contributed by atoms with Crippen LogP contribution >= 0.6 is 0 Å². The Morgan fingerprint density at radius 1 is 1.43 bits per heavy atom. The first-order valence-corrected chi connectivity index (χ1v) is 7.66. The largest absolute Gasteiger partial charge is 0.375 e. The minimum Gasteiger partial charge on any atom is -0.375 e. The molecule has 1 saturated heterocycles. The van der Waals surface area contributed by atoms with Gasteiger partial charge in [-0.25, -0.2) is 9.37 Å². The number of halogens is 1. The second-order valence-electron chi connectivity index (χ2n) is 5.83. The Balaban J connectivity index is 2.04. The first kappa shape index (κ1) is 14.3. The molecule has 0 radical (unpaired) electrons. The summed E-state index contributed by atoms with van der Waals surface area (Å²) in [5.74, 6) is 0.0744. The fourth-order valence-corrected chi connectivity index (χ4v) is 3.45. The van der Waals surface area contributed by atoms with Crippen LogP contribution in [0.2, 0.25) is 0 Å². The van der Waals surface area contributed by atoms with Crippen molar-refractivity contribution in [3.63, 3.8) is 0 Å². The van der Waals surface area contributed by atoms with Crippen LogP contribution < -0.4 is 5.73 Å². The quantitative estimate of drug-likeness (QED) is 0.938. The molecule has 3 rings (SSSR count). The number of para-hydroxylation sites is 1. The molecule has 0 amide bonds. The van der Waals surface area contributed by atoms with Crippen LogP contribution in [-0.4, -0.2) is 21.8 Å². The number of imidazole rings is 1. The second-order valence-corrected chi connectivity index (χ2v) is 5.83. The highest BCUT2D eigenvalue weighted by molar-refractivity contribution is 5.79. The molecule has 114 valence electrons. The number of nitrogen functional groups attached to an aromatic ring is 1. The van der Waals surface area contributed by atoms with Crippen LogP contribution in [0.5, 0.6) is 0 Å². The van der Waals surface area contributed by atoms with Crippen molar-refractivity contribution >= 4 is 17.0 Å². The molecule has 1 atom stereocenters. The summed E-state index contributed by atoms with van der Waals surface area (Å²) in [6, 6.07) is 5.23. The fourth-order valence-electron chi connectivity index (χ4n) is 3.45. The lowest BCUT2D eigenvalue weighted by Gasteiger charge is -2.40. The van der Waals surface area contributed by atoms with Gasteiger partial charge in [0.25, 0.3) is 0 Å². The third kappa shape index (κ3) is 2.29. The molecule has 2 heterocycles. The number of benzene rings is 1. The summed E-state index contributed by atoms with van der Waals surface area (Å²) >= 11 is 0. The SMILES string of the molecule is CCC1(CC)CC(n2c(N)nc3c(F)cccc32)CCO1. The number of nitrogens with two attached hydrogens (primary N) is 1. The first-order valence-electron chi connectivity index (χ1n) is 7.66. The van der Waals surface area contributed by atoms with E-state index in [0.29, 0.717) is 18.1 Å². The van der Waals surface area contributed by atoms with Crippen molar-refractivity contribution in [1.29, 1.82) is 0 Å². The molecule has 0 bridgehead atoms.